The van der Waals surface area contributed by atoms with E-state index < -0.39 is 16.4 Å². The Morgan fingerprint density at radius 2 is 2.14 bits per heavy atom. The van der Waals surface area contributed by atoms with Crippen LogP contribution in [-0.4, -0.2) is 18.9 Å². The summed E-state index contributed by atoms with van der Waals surface area (Å²) in [4.78, 5) is 11.0. The molecule has 0 saturated heterocycles. The average molecular weight is 243 g/mol. The topological polar surface area (TPSA) is 80.7 Å². The van der Waals surface area contributed by atoms with Crippen LogP contribution < -0.4 is 0 Å². The van der Waals surface area contributed by atoms with Crippen molar-refractivity contribution < 1.29 is 21.9 Å². The third kappa shape index (κ3) is 5.95. The van der Waals surface area contributed by atoms with Gasteiger partial charge in [0, 0.05) is 11.1 Å². The molecule has 1 N–H and O–H groups in total. The zero-order chi connectivity index (χ0) is 11.2. The molecule has 0 radical (unpaired) electrons. The maximum Gasteiger partial charge on any atom is 0.449 e. The van der Waals surface area contributed by atoms with E-state index in [2.05, 4.69) is 4.18 Å². The van der Waals surface area contributed by atoms with Gasteiger partial charge < -0.3 is 4.18 Å². The van der Waals surface area contributed by atoms with Crippen LogP contribution in [0.2, 0.25) is 0 Å². The molecule has 14 heavy (non-hydrogen) atoms. The number of halogens is 1. The third-order valence-electron chi connectivity index (χ3n) is 1.37. The van der Waals surface area contributed by atoms with Gasteiger partial charge in [0.25, 0.3) is 0 Å². The van der Waals surface area contributed by atoms with Crippen molar-refractivity contribution in [2.24, 2.45) is 0 Å². The molecule has 0 aromatic carbocycles. The first-order valence-corrected chi connectivity index (χ1v) is 5.71. The van der Waals surface area contributed by atoms with Gasteiger partial charge in [-0.1, -0.05) is 24.9 Å². The molecule has 7 heteroatoms. The summed E-state index contributed by atoms with van der Waals surface area (Å²) in [6.07, 6.45) is 1.82. The van der Waals surface area contributed by atoms with E-state index in [1.165, 1.54) is 0 Å². The molecule has 0 heterocycles. The maximum atomic E-state index is 11.0. The standard InChI is InChI=1S/C7H11ClO5S/c1-2-3-4-6(5-8)7(9)13-14(10,11)12/h5H,2-4H2,1H3,(H,10,11,12). The van der Waals surface area contributed by atoms with Crippen LogP contribution in [0.25, 0.3) is 0 Å². The summed E-state index contributed by atoms with van der Waals surface area (Å²) in [7, 11) is -4.75. The van der Waals surface area contributed by atoms with Crippen molar-refractivity contribution in [3.63, 3.8) is 0 Å². The van der Waals surface area contributed by atoms with Crippen LogP contribution in [0, 0.1) is 0 Å². The molecule has 0 fully saturated rings. The van der Waals surface area contributed by atoms with Gasteiger partial charge in [0.2, 0.25) is 0 Å². The van der Waals surface area contributed by atoms with Crippen molar-refractivity contribution in [3.8, 4) is 0 Å². The Balaban J connectivity index is 4.35. The second-order valence-corrected chi connectivity index (χ2v) is 3.78. The molecule has 0 aliphatic carbocycles. The summed E-state index contributed by atoms with van der Waals surface area (Å²) in [6, 6.07) is 0. The van der Waals surface area contributed by atoms with E-state index in [9.17, 15) is 13.2 Å². The van der Waals surface area contributed by atoms with Gasteiger partial charge in [-0.15, -0.1) is 0 Å². The predicted molar refractivity (Wildman–Crippen MR) is 51.1 cm³/mol. The van der Waals surface area contributed by atoms with Crippen LogP contribution in [-0.2, 0) is 19.4 Å². The number of carbonyl (C=O) groups is 1. The molecule has 0 aliphatic heterocycles. The predicted octanol–water partition coefficient (Wildman–Crippen LogP) is 1.65. The Bertz CT molecular complexity index is 319. The van der Waals surface area contributed by atoms with Gasteiger partial charge in [0.15, 0.2) is 0 Å². The maximum absolute atomic E-state index is 11.0. The molecule has 0 spiro atoms. The highest BCUT2D eigenvalue weighted by atomic mass is 35.5. The SMILES string of the molecule is CCCCC(=CCl)C(=O)OS(=O)(=O)O. The molecule has 5 nitrogen and oxygen atoms in total. The summed E-state index contributed by atoms with van der Waals surface area (Å²) in [5, 5.41) is 0. The Hall–Kier alpha value is -0.590. The summed E-state index contributed by atoms with van der Waals surface area (Å²) in [5.41, 5.74) is 0.967. The van der Waals surface area contributed by atoms with Crippen molar-refractivity contribution in [2.45, 2.75) is 26.2 Å². The number of rotatable bonds is 5. The van der Waals surface area contributed by atoms with E-state index in [1.54, 1.807) is 0 Å². The van der Waals surface area contributed by atoms with Gasteiger partial charge in [-0.25, -0.2) is 4.79 Å². The first-order valence-electron chi connectivity index (χ1n) is 3.91. The second kappa shape index (κ2) is 6.00. The van der Waals surface area contributed by atoms with Gasteiger partial charge in [-0.05, 0) is 12.8 Å². The van der Waals surface area contributed by atoms with Gasteiger partial charge in [-0.2, -0.15) is 8.42 Å². The van der Waals surface area contributed by atoms with E-state index in [1.807, 2.05) is 6.92 Å². The highest BCUT2D eigenvalue weighted by Gasteiger charge is 2.17. The minimum absolute atomic E-state index is 0.0196. The fourth-order valence-corrected chi connectivity index (χ4v) is 1.21. The molecule has 0 bridgehead atoms. The van der Waals surface area contributed by atoms with Gasteiger partial charge >= 0.3 is 16.4 Å². The van der Waals surface area contributed by atoms with Crippen LogP contribution in [0.15, 0.2) is 11.1 Å². The summed E-state index contributed by atoms with van der Waals surface area (Å²) in [6.45, 7) is 1.90. The van der Waals surface area contributed by atoms with Crippen LogP contribution in [0.3, 0.4) is 0 Å². The Labute approximate surface area is 87.7 Å². The molecule has 0 amide bonds. The zero-order valence-corrected chi connectivity index (χ0v) is 9.14. The van der Waals surface area contributed by atoms with Crippen LogP contribution in [0.5, 0.6) is 0 Å². The van der Waals surface area contributed by atoms with Crippen LogP contribution >= 0.6 is 11.6 Å². The summed E-state index contributed by atoms with van der Waals surface area (Å²) >= 11 is 5.29. The van der Waals surface area contributed by atoms with E-state index in [-0.39, 0.29) is 5.57 Å². The molecule has 0 aromatic rings. The largest absolute Gasteiger partial charge is 0.449 e. The van der Waals surface area contributed by atoms with Gasteiger partial charge in [-0.3, -0.25) is 4.55 Å². The van der Waals surface area contributed by atoms with E-state index in [0.717, 1.165) is 12.0 Å². The van der Waals surface area contributed by atoms with Crippen molar-refractivity contribution >= 4 is 28.0 Å². The molecule has 0 unspecified atom stereocenters. The number of hydrogen-bond acceptors (Lipinski definition) is 4. The fourth-order valence-electron chi connectivity index (χ4n) is 0.718. The zero-order valence-electron chi connectivity index (χ0n) is 7.57. The third-order valence-corrected chi connectivity index (χ3v) is 2.00. The first kappa shape index (κ1) is 13.4. The van der Waals surface area contributed by atoms with Crippen LogP contribution in [0.1, 0.15) is 26.2 Å². The molecule has 0 atom stereocenters. The summed E-state index contributed by atoms with van der Waals surface area (Å²) in [5.74, 6) is -1.14. The number of carbonyl (C=O) groups excluding carboxylic acids is 1. The lowest BCUT2D eigenvalue weighted by Gasteiger charge is -2.02. The Morgan fingerprint density at radius 1 is 1.57 bits per heavy atom. The van der Waals surface area contributed by atoms with Crippen molar-refractivity contribution in [2.75, 3.05) is 0 Å². The minimum atomic E-state index is -4.75. The lowest BCUT2D eigenvalue weighted by atomic mass is 10.1. The van der Waals surface area contributed by atoms with E-state index in [4.69, 9.17) is 16.2 Å². The molecule has 0 aliphatic rings. The molecule has 0 rings (SSSR count). The molecule has 0 saturated carbocycles. The van der Waals surface area contributed by atoms with Crippen molar-refractivity contribution in [1.29, 1.82) is 0 Å². The highest BCUT2D eigenvalue weighted by Crippen LogP contribution is 2.11. The Kier molecular flexibility index (Phi) is 5.75. The van der Waals surface area contributed by atoms with E-state index in [0.29, 0.717) is 12.8 Å². The highest BCUT2D eigenvalue weighted by molar-refractivity contribution is 7.81. The number of hydrogen-bond donors (Lipinski definition) is 1. The van der Waals surface area contributed by atoms with Gasteiger partial charge in [0.1, 0.15) is 0 Å². The normalized spacial score (nSPS) is 12.6. The fraction of sp³-hybridized carbons (Fsp3) is 0.571. The molecule has 0 aromatic heterocycles. The molecular weight excluding hydrogens is 232 g/mol. The quantitative estimate of drug-likeness (QED) is 0.586. The smallest absolute Gasteiger partial charge is 0.321 e. The molecular formula is C7H11ClO5S. The minimum Gasteiger partial charge on any atom is -0.321 e. The van der Waals surface area contributed by atoms with Crippen LogP contribution in [0.4, 0.5) is 0 Å². The molecule has 82 valence electrons. The lowest BCUT2D eigenvalue weighted by molar-refractivity contribution is -0.130. The summed E-state index contributed by atoms with van der Waals surface area (Å²) < 4.78 is 32.3. The number of unbranched alkanes of at least 4 members (excludes halogenated alkanes) is 1. The second-order valence-electron chi connectivity index (χ2n) is 2.54. The van der Waals surface area contributed by atoms with Crippen molar-refractivity contribution in [1.82, 2.24) is 0 Å². The van der Waals surface area contributed by atoms with E-state index >= 15 is 0 Å². The average Bonchev–Trinajstić information content (AvgIpc) is 2.02. The monoisotopic (exact) mass is 242 g/mol. The first-order chi connectivity index (χ1) is 6.40. The lowest BCUT2D eigenvalue weighted by Crippen LogP contribution is -2.13. The van der Waals surface area contributed by atoms with Crippen molar-refractivity contribution in [3.05, 3.63) is 11.1 Å². The van der Waals surface area contributed by atoms with Gasteiger partial charge in [0.05, 0.1) is 0 Å². The Morgan fingerprint density at radius 3 is 2.50 bits per heavy atom.